The molecule has 7 heteroatoms. The van der Waals surface area contributed by atoms with Crippen LogP contribution < -0.4 is 4.90 Å². The lowest BCUT2D eigenvalue weighted by atomic mass is 10.2. The van der Waals surface area contributed by atoms with Crippen LogP contribution in [0.2, 0.25) is 0 Å². The first-order chi connectivity index (χ1) is 9.17. The Morgan fingerprint density at radius 2 is 2.16 bits per heavy atom. The molecule has 102 valence electrons. The fourth-order valence-electron chi connectivity index (χ4n) is 2.12. The topological polar surface area (TPSA) is 81.6 Å². The molecule has 1 saturated heterocycles. The zero-order chi connectivity index (χ0) is 13.8. The van der Waals surface area contributed by atoms with Crippen molar-refractivity contribution in [1.82, 2.24) is 9.97 Å². The highest BCUT2D eigenvalue weighted by Crippen LogP contribution is 2.24. The first kappa shape index (κ1) is 13.3. The van der Waals surface area contributed by atoms with Crippen LogP contribution in [0, 0.1) is 0 Å². The molecule has 1 unspecified atom stereocenters. The molecule has 0 bridgehead atoms. The van der Waals surface area contributed by atoms with Crippen LogP contribution in [0.5, 0.6) is 0 Å². The number of nitrogens with zero attached hydrogens (tertiary/aromatic N) is 3. The van der Waals surface area contributed by atoms with Gasteiger partial charge in [-0.15, -0.1) is 0 Å². The average Bonchev–Trinajstić information content (AvgIpc) is 2.95. The summed E-state index contributed by atoms with van der Waals surface area (Å²) in [5.41, 5.74) is 0. The number of esters is 2. The highest BCUT2D eigenvalue weighted by Gasteiger charge is 2.32. The maximum atomic E-state index is 11.7. The van der Waals surface area contributed by atoms with E-state index in [1.54, 1.807) is 6.07 Å². The molecule has 0 amide bonds. The van der Waals surface area contributed by atoms with Gasteiger partial charge in [-0.1, -0.05) is 0 Å². The number of methoxy groups -OCH3 is 2. The van der Waals surface area contributed by atoms with Crippen LogP contribution >= 0.6 is 0 Å². The summed E-state index contributed by atoms with van der Waals surface area (Å²) in [6, 6.07) is 1.30. The summed E-state index contributed by atoms with van der Waals surface area (Å²) < 4.78 is 9.34. The smallest absolute Gasteiger partial charge is 0.376 e. The van der Waals surface area contributed by atoms with Crippen LogP contribution in [0.25, 0.3) is 0 Å². The normalized spacial score (nSPS) is 18.2. The van der Waals surface area contributed by atoms with E-state index in [1.165, 1.54) is 20.4 Å². The van der Waals surface area contributed by atoms with Gasteiger partial charge in [0.25, 0.3) is 0 Å². The van der Waals surface area contributed by atoms with Crippen molar-refractivity contribution in [3.8, 4) is 0 Å². The van der Waals surface area contributed by atoms with Crippen LogP contribution in [-0.2, 0) is 14.3 Å². The van der Waals surface area contributed by atoms with E-state index in [0.717, 1.165) is 6.42 Å². The van der Waals surface area contributed by atoms with Crippen molar-refractivity contribution < 1.29 is 19.1 Å². The van der Waals surface area contributed by atoms with Crippen LogP contribution in [0.1, 0.15) is 23.5 Å². The van der Waals surface area contributed by atoms with E-state index in [0.29, 0.717) is 18.8 Å². The van der Waals surface area contributed by atoms with Crippen molar-refractivity contribution in [2.24, 2.45) is 0 Å². The van der Waals surface area contributed by atoms with Gasteiger partial charge in [-0.3, -0.25) is 0 Å². The zero-order valence-electron chi connectivity index (χ0n) is 10.8. The molecule has 19 heavy (non-hydrogen) atoms. The average molecular weight is 265 g/mol. The lowest BCUT2D eigenvalue weighted by Gasteiger charge is -2.23. The van der Waals surface area contributed by atoms with Gasteiger partial charge in [0.2, 0.25) is 5.82 Å². The largest absolute Gasteiger partial charge is 0.467 e. The molecular formula is C12H15N3O4. The van der Waals surface area contributed by atoms with Gasteiger partial charge < -0.3 is 14.4 Å². The van der Waals surface area contributed by atoms with Crippen molar-refractivity contribution in [1.29, 1.82) is 0 Å². The van der Waals surface area contributed by atoms with Gasteiger partial charge in [0.15, 0.2) is 0 Å². The second-order valence-electron chi connectivity index (χ2n) is 4.10. The lowest BCUT2D eigenvalue weighted by Crippen LogP contribution is -2.37. The third-order valence-corrected chi connectivity index (χ3v) is 3.03. The lowest BCUT2D eigenvalue weighted by molar-refractivity contribution is -0.141. The van der Waals surface area contributed by atoms with Crippen LogP contribution in [0.4, 0.5) is 5.82 Å². The molecule has 1 atom stereocenters. The summed E-state index contributed by atoms with van der Waals surface area (Å²) in [5.74, 6) is -0.384. The molecule has 1 aliphatic rings. The molecule has 0 spiro atoms. The molecule has 0 N–H and O–H groups in total. The Morgan fingerprint density at radius 3 is 2.84 bits per heavy atom. The molecule has 0 radical (unpaired) electrons. The quantitative estimate of drug-likeness (QED) is 0.732. The van der Waals surface area contributed by atoms with Crippen LogP contribution in [0.3, 0.4) is 0 Å². The fourth-order valence-corrected chi connectivity index (χ4v) is 2.12. The first-order valence-electron chi connectivity index (χ1n) is 5.93. The van der Waals surface area contributed by atoms with Crippen molar-refractivity contribution in [2.45, 2.75) is 18.9 Å². The van der Waals surface area contributed by atoms with Crippen molar-refractivity contribution in [2.75, 3.05) is 25.7 Å². The van der Waals surface area contributed by atoms with Gasteiger partial charge >= 0.3 is 11.9 Å². The molecule has 1 fully saturated rings. The Hall–Kier alpha value is -2.18. The van der Waals surface area contributed by atoms with Crippen molar-refractivity contribution in [3.63, 3.8) is 0 Å². The number of aromatic nitrogens is 2. The standard InChI is InChI=1S/C12H15N3O4/c1-18-11(16)8-4-3-7-15(8)9-5-6-13-10(14-9)12(17)19-2/h5-6,8H,3-4,7H2,1-2H3. The summed E-state index contributed by atoms with van der Waals surface area (Å²) in [4.78, 5) is 32.9. The Kier molecular flexibility index (Phi) is 3.94. The zero-order valence-corrected chi connectivity index (χ0v) is 10.8. The predicted octanol–water partition coefficient (Wildman–Crippen LogP) is 0.405. The number of carbonyl (C=O) groups is 2. The molecule has 2 rings (SSSR count). The molecule has 1 aromatic heterocycles. The van der Waals surface area contributed by atoms with Crippen molar-refractivity contribution >= 4 is 17.8 Å². The van der Waals surface area contributed by atoms with Gasteiger partial charge in [0.05, 0.1) is 14.2 Å². The van der Waals surface area contributed by atoms with E-state index in [-0.39, 0.29) is 17.8 Å². The molecule has 0 aromatic carbocycles. The Bertz CT molecular complexity index is 492. The van der Waals surface area contributed by atoms with Gasteiger partial charge in [0.1, 0.15) is 11.9 Å². The molecule has 1 aliphatic heterocycles. The fraction of sp³-hybridized carbons (Fsp3) is 0.500. The number of carbonyl (C=O) groups excluding carboxylic acids is 2. The number of hydrogen-bond donors (Lipinski definition) is 0. The molecular weight excluding hydrogens is 250 g/mol. The molecule has 0 aliphatic carbocycles. The van der Waals surface area contributed by atoms with E-state index in [9.17, 15) is 9.59 Å². The van der Waals surface area contributed by atoms with Gasteiger partial charge in [0, 0.05) is 12.7 Å². The van der Waals surface area contributed by atoms with Crippen LogP contribution in [0.15, 0.2) is 12.3 Å². The van der Waals surface area contributed by atoms with Crippen LogP contribution in [-0.4, -0.2) is 48.7 Å². The summed E-state index contributed by atoms with van der Waals surface area (Å²) in [5, 5.41) is 0. The Balaban J connectivity index is 2.26. The molecule has 2 heterocycles. The number of rotatable bonds is 3. The third-order valence-electron chi connectivity index (χ3n) is 3.03. The van der Waals surface area contributed by atoms with E-state index in [1.807, 2.05) is 4.90 Å². The Labute approximate surface area is 110 Å². The minimum Gasteiger partial charge on any atom is -0.467 e. The van der Waals surface area contributed by atoms with Gasteiger partial charge in [-0.25, -0.2) is 19.6 Å². The molecule has 0 saturated carbocycles. The van der Waals surface area contributed by atoms with Gasteiger partial charge in [-0.05, 0) is 18.9 Å². The maximum Gasteiger partial charge on any atom is 0.376 e. The second kappa shape index (κ2) is 5.64. The summed E-state index contributed by atoms with van der Waals surface area (Å²) >= 11 is 0. The first-order valence-corrected chi connectivity index (χ1v) is 5.93. The van der Waals surface area contributed by atoms with E-state index < -0.39 is 5.97 Å². The number of anilines is 1. The van der Waals surface area contributed by atoms with E-state index in [4.69, 9.17) is 4.74 Å². The summed E-state index contributed by atoms with van der Waals surface area (Å²) in [6.45, 7) is 0.692. The second-order valence-corrected chi connectivity index (χ2v) is 4.10. The van der Waals surface area contributed by atoms with E-state index in [2.05, 4.69) is 14.7 Å². The van der Waals surface area contributed by atoms with Crippen molar-refractivity contribution in [3.05, 3.63) is 18.1 Å². The van der Waals surface area contributed by atoms with Gasteiger partial charge in [-0.2, -0.15) is 0 Å². The molecule has 1 aromatic rings. The monoisotopic (exact) mass is 265 g/mol. The molecule has 7 nitrogen and oxygen atoms in total. The summed E-state index contributed by atoms with van der Waals surface area (Å²) in [7, 11) is 2.63. The minimum atomic E-state index is -0.601. The number of hydrogen-bond acceptors (Lipinski definition) is 7. The maximum absolute atomic E-state index is 11.7. The minimum absolute atomic E-state index is 0.0180. The third kappa shape index (κ3) is 2.64. The number of ether oxygens (including phenoxy) is 2. The SMILES string of the molecule is COC(=O)c1nccc(N2CCCC2C(=O)OC)n1. The van der Waals surface area contributed by atoms with E-state index >= 15 is 0 Å². The Morgan fingerprint density at radius 1 is 1.37 bits per heavy atom. The predicted molar refractivity (Wildman–Crippen MR) is 65.8 cm³/mol. The highest BCUT2D eigenvalue weighted by atomic mass is 16.5. The summed E-state index contributed by atoms with van der Waals surface area (Å²) in [6.07, 6.45) is 3.06. The highest BCUT2D eigenvalue weighted by molar-refractivity contribution is 5.85.